The minimum atomic E-state index is 0.901. The summed E-state index contributed by atoms with van der Waals surface area (Å²) in [5, 5.41) is 3.41. The van der Waals surface area contributed by atoms with Gasteiger partial charge in [0.1, 0.15) is 5.75 Å². The SMILES string of the molecule is COc1cccc(/C=C/CCCNc2ccccc2)c1. The second-order valence-electron chi connectivity index (χ2n) is 4.61. The van der Waals surface area contributed by atoms with Crippen LogP contribution in [-0.2, 0) is 0 Å². The van der Waals surface area contributed by atoms with Crippen molar-refractivity contribution in [2.45, 2.75) is 12.8 Å². The summed E-state index contributed by atoms with van der Waals surface area (Å²) in [5.74, 6) is 0.901. The fraction of sp³-hybridized carbons (Fsp3) is 0.222. The molecule has 104 valence electrons. The van der Waals surface area contributed by atoms with Crippen molar-refractivity contribution in [3.05, 3.63) is 66.2 Å². The summed E-state index contributed by atoms with van der Waals surface area (Å²) in [4.78, 5) is 0. The number of anilines is 1. The third-order valence-electron chi connectivity index (χ3n) is 3.05. The maximum Gasteiger partial charge on any atom is 0.119 e. The minimum Gasteiger partial charge on any atom is -0.497 e. The van der Waals surface area contributed by atoms with E-state index in [4.69, 9.17) is 4.74 Å². The Morgan fingerprint density at radius 3 is 2.70 bits per heavy atom. The highest BCUT2D eigenvalue weighted by molar-refractivity contribution is 5.51. The zero-order valence-corrected chi connectivity index (χ0v) is 11.9. The molecule has 2 aromatic rings. The number of ether oxygens (including phenoxy) is 1. The molecule has 0 aliphatic carbocycles. The normalized spacial score (nSPS) is 10.7. The fourth-order valence-corrected chi connectivity index (χ4v) is 1.97. The Morgan fingerprint density at radius 2 is 1.90 bits per heavy atom. The van der Waals surface area contributed by atoms with Gasteiger partial charge in [-0.1, -0.05) is 42.5 Å². The third-order valence-corrected chi connectivity index (χ3v) is 3.05. The molecule has 1 N–H and O–H groups in total. The molecule has 0 atom stereocenters. The molecule has 2 aromatic carbocycles. The van der Waals surface area contributed by atoms with Crippen LogP contribution in [0.25, 0.3) is 6.08 Å². The van der Waals surface area contributed by atoms with Gasteiger partial charge in [-0.3, -0.25) is 0 Å². The second kappa shape index (κ2) is 8.05. The van der Waals surface area contributed by atoms with Crippen molar-refractivity contribution in [1.29, 1.82) is 0 Å². The first-order chi connectivity index (χ1) is 9.88. The molecular formula is C18H21NO. The van der Waals surface area contributed by atoms with E-state index in [1.54, 1.807) is 7.11 Å². The van der Waals surface area contributed by atoms with Crippen LogP contribution in [0, 0.1) is 0 Å². The van der Waals surface area contributed by atoms with E-state index in [0.717, 1.165) is 25.1 Å². The Kier molecular flexibility index (Phi) is 5.71. The van der Waals surface area contributed by atoms with E-state index >= 15 is 0 Å². The summed E-state index contributed by atoms with van der Waals surface area (Å²) in [6.07, 6.45) is 6.54. The van der Waals surface area contributed by atoms with E-state index in [-0.39, 0.29) is 0 Å². The Hall–Kier alpha value is -2.22. The monoisotopic (exact) mass is 267 g/mol. The molecule has 2 nitrogen and oxygen atoms in total. The van der Waals surface area contributed by atoms with Crippen molar-refractivity contribution in [1.82, 2.24) is 0 Å². The third kappa shape index (κ3) is 4.81. The molecule has 0 fully saturated rings. The molecule has 20 heavy (non-hydrogen) atoms. The average molecular weight is 267 g/mol. The Bertz CT molecular complexity index is 534. The van der Waals surface area contributed by atoms with Crippen molar-refractivity contribution >= 4 is 11.8 Å². The fourth-order valence-electron chi connectivity index (χ4n) is 1.97. The second-order valence-corrected chi connectivity index (χ2v) is 4.61. The van der Waals surface area contributed by atoms with Gasteiger partial charge in [0.2, 0.25) is 0 Å². The van der Waals surface area contributed by atoms with Crippen LogP contribution in [0.3, 0.4) is 0 Å². The standard InChI is InChI=1S/C18H21NO/c1-20-18-13-8-10-16(15-18)9-4-3-7-14-19-17-11-5-2-6-12-17/h2,4-6,8-13,15,19H,3,7,14H2,1H3/b9-4+. The molecular weight excluding hydrogens is 246 g/mol. The van der Waals surface area contributed by atoms with Crippen molar-refractivity contribution < 1.29 is 4.74 Å². The molecule has 0 saturated carbocycles. The van der Waals surface area contributed by atoms with Gasteiger partial charge in [0.15, 0.2) is 0 Å². The van der Waals surface area contributed by atoms with Gasteiger partial charge in [-0.2, -0.15) is 0 Å². The lowest BCUT2D eigenvalue weighted by molar-refractivity contribution is 0.414. The van der Waals surface area contributed by atoms with E-state index in [0.29, 0.717) is 0 Å². The number of nitrogens with one attached hydrogen (secondary N) is 1. The lowest BCUT2D eigenvalue weighted by Crippen LogP contribution is -2.00. The highest BCUT2D eigenvalue weighted by atomic mass is 16.5. The molecule has 0 bridgehead atoms. The lowest BCUT2D eigenvalue weighted by atomic mass is 10.2. The van der Waals surface area contributed by atoms with Crippen molar-refractivity contribution in [3.63, 3.8) is 0 Å². The lowest BCUT2D eigenvalue weighted by Gasteiger charge is -2.04. The molecule has 0 radical (unpaired) electrons. The molecule has 2 rings (SSSR count). The van der Waals surface area contributed by atoms with Crippen LogP contribution < -0.4 is 10.1 Å². The van der Waals surface area contributed by atoms with Crippen LogP contribution in [0.2, 0.25) is 0 Å². The maximum atomic E-state index is 5.20. The smallest absolute Gasteiger partial charge is 0.119 e. The van der Waals surface area contributed by atoms with Crippen molar-refractivity contribution in [2.75, 3.05) is 19.0 Å². The molecule has 0 unspecified atom stereocenters. The van der Waals surface area contributed by atoms with Gasteiger partial charge in [-0.15, -0.1) is 0 Å². The number of hydrogen-bond donors (Lipinski definition) is 1. The summed E-state index contributed by atoms with van der Waals surface area (Å²) < 4.78 is 5.20. The van der Waals surface area contributed by atoms with Gasteiger partial charge in [0.05, 0.1) is 7.11 Å². The molecule has 0 aliphatic rings. The van der Waals surface area contributed by atoms with Crippen molar-refractivity contribution in [2.24, 2.45) is 0 Å². The van der Waals surface area contributed by atoms with Crippen LogP contribution in [0.4, 0.5) is 5.69 Å². The van der Waals surface area contributed by atoms with Gasteiger partial charge in [-0.05, 0) is 42.7 Å². The van der Waals surface area contributed by atoms with Gasteiger partial charge < -0.3 is 10.1 Å². The van der Waals surface area contributed by atoms with Crippen LogP contribution in [-0.4, -0.2) is 13.7 Å². The average Bonchev–Trinajstić information content (AvgIpc) is 2.52. The maximum absolute atomic E-state index is 5.20. The summed E-state index contributed by atoms with van der Waals surface area (Å²) in [7, 11) is 1.69. The Labute approximate surface area is 121 Å². The van der Waals surface area contributed by atoms with Crippen LogP contribution in [0.15, 0.2) is 60.7 Å². The van der Waals surface area contributed by atoms with E-state index in [1.807, 2.05) is 36.4 Å². The summed E-state index contributed by atoms with van der Waals surface area (Å²) >= 11 is 0. The van der Waals surface area contributed by atoms with E-state index in [9.17, 15) is 0 Å². The number of methoxy groups -OCH3 is 1. The summed E-state index contributed by atoms with van der Waals surface area (Å²) in [6, 6.07) is 18.4. The summed E-state index contributed by atoms with van der Waals surface area (Å²) in [5.41, 5.74) is 2.37. The van der Waals surface area contributed by atoms with E-state index < -0.39 is 0 Å². The number of hydrogen-bond acceptors (Lipinski definition) is 2. The predicted molar refractivity (Wildman–Crippen MR) is 86.2 cm³/mol. The molecule has 0 spiro atoms. The molecule has 0 heterocycles. The number of unbranched alkanes of at least 4 members (excludes halogenated alkanes) is 1. The number of allylic oxidation sites excluding steroid dienone is 1. The topological polar surface area (TPSA) is 21.3 Å². The van der Waals surface area contributed by atoms with Crippen LogP contribution in [0.5, 0.6) is 5.75 Å². The highest BCUT2D eigenvalue weighted by Crippen LogP contribution is 2.14. The zero-order chi connectivity index (χ0) is 14.0. The first kappa shape index (κ1) is 14.2. The van der Waals surface area contributed by atoms with E-state index in [2.05, 4.69) is 35.7 Å². The van der Waals surface area contributed by atoms with Gasteiger partial charge in [0, 0.05) is 12.2 Å². The highest BCUT2D eigenvalue weighted by Gasteiger charge is 1.91. The molecule has 0 aromatic heterocycles. The first-order valence-electron chi connectivity index (χ1n) is 6.98. The molecule has 0 amide bonds. The predicted octanol–water partition coefficient (Wildman–Crippen LogP) is 4.60. The zero-order valence-electron chi connectivity index (χ0n) is 11.9. The van der Waals surface area contributed by atoms with Gasteiger partial charge in [-0.25, -0.2) is 0 Å². The number of rotatable bonds is 7. The van der Waals surface area contributed by atoms with E-state index in [1.165, 1.54) is 11.3 Å². The first-order valence-corrected chi connectivity index (χ1v) is 6.98. The number of benzene rings is 2. The quantitative estimate of drug-likeness (QED) is 0.740. The summed E-state index contributed by atoms with van der Waals surface area (Å²) in [6.45, 7) is 0.993. The molecule has 0 aliphatic heterocycles. The Balaban J connectivity index is 1.69. The van der Waals surface area contributed by atoms with Crippen LogP contribution in [0.1, 0.15) is 18.4 Å². The molecule has 0 saturated heterocycles. The van der Waals surface area contributed by atoms with Gasteiger partial charge in [0.25, 0.3) is 0 Å². The van der Waals surface area contributed by atoms with Gasteiger partial charge >= 0.3 is 0 Å². The van der Waals surface area contributed by atoms with Crippen LogP contribution >= 0.6 is 0 Å². The van der Waals surface area contributed by atoms with Crippen molar-refractivity contribution in [3.8, 4) is 5.75 Å². The minimum absolute atomic E-state index is 0.901. The molecule has 2 heteroatoms. The Morgan fingerprint density at radius 1 is 1.05 bits per heavy atom. The largest absolute Gasteiger partial charge is 0.497 e. The number of para-hydroxylation sites is 1.